The molecule has 0 saturated heterocycles. The Balaban J connectivity index is 1.54. The SMILES string of the molecule is CCCOCCCNC1CCC2CCCCC2C1. The monoisotopic (exact) mass is 253 g/mol. The normalized spacial score (nSPS) is 32.2. The topological polar surface area (TPSA) is 21.3 Å². The third-order valence-corrected chi connectivity index (χ3v) is 4.79. The number of ether oxygens (including phenoxy) is 1. The van der Waals surface area contributed by atoms with Crippen molar-refractivity contribution < 1.29 is 4.74 Å². The van der Waals surface area contributed by atoms with Crippen LogP contribution in [0.4, 0.5) is 0 Å². The molecule has 0 aromatic heterocycles. The molecule has 0 aliphatic heterocycles. The lowest BCUT2D eigenvalue weighted by Gasteiger charge is -2.39. The molecule has 2 rings (SSSR count). The quantitative estimate of drug-likeness (QED) is 0.698. The Labute approximate surface area is 113 Å². The van der Waals surface area contributed by atoms with Crippen LogP contribution in [0, 0.1) is 11.8 Å². The van der Waals surface area contributed by atoms with Crippen molar-refractivity contribution in [3.63, 3.8) is 0 Å². The summed E-state index contributed by atoms with van der Waals surface area (Å²) < 4.78 is 5.52. The van der Waals surface area contributed by atoms with Crippen LogP contribution in [-0.2, 0) is 4.74 Å². The summed E-state index contributed by atoms with van der Waals surface area (Å²) in [6.07, 6.45) is 12.6. The summed E-state index contributed by atoms with van der Waals surface area (Å²) in [6.45, 7) is 5.17. The molecule has 0 aromatic carbocycles. The maximum absolute atomic E-state index is 5.52. The molecule has 3 atom stereocenters. The molecule has 106 valence electrons. The van der Waals surface area contributed by atoms with E-state index in [4.69, 9.17) is 4.74 Å². The molecule has 2 heteroatoms. The van der Waals surface area contributed by atoms with Gasteiger partial charge in [0.15, 0.2) is 0 Å². The highest BCUT2D eigenvalue weighted by Crippen LogP contribution is 2.40. The van der Waals surface area contributed by atoms with Gasteiger partial charge in [-0.05, 0) is 50.5 Å². The predicted molar refractivity (Wildman–Crippen MR) is 76.8 cm³/mol. The Bertz CT molecular complexity index is 219. The van der Waals surface area contributed by atoms with Crippen LogP contribution in [0.3, 0.4) is 0 Å². The van der Waals surface area contributed by atoms with Crippen molar-refractivity contribution in [2.24, 2.45) is 11.8 Å². The lowest BCUT2D eigenvalue weighted by Crippen LogP contribution is -2.39. The number of fused-ring (bicyclic) bond motifs is 1. The van der Waals surface area contributed by atoms with Crippen LogP contribution in [0.25, 0.3) is 0 Å². The fraction of sp³-hybridized carbons (Fsp3) is 1.00. The zero-order valence-corrected chi connectivity index (χ0v) is 12.1. The Kier molecular flexibility index (Phi) is 6.50. The third kappa shape index (κ3) is 4.55. The number of rotatable bonds is 7. The summed E-state index contributed by atoms with van der Waals surface area (Å²) in [5.41, 5.74) is 0. The minimum absolute atomic E-state index is 0.801. The molecule has 0 aromatic rings. The third-order valence-electron chi connectivity index (χ3n) is 4.79. The fourth-order valence-electron chi connectivity index (χ4n) is 3.79. The van der Waals surface area contributed by atoms with E-state index in [2.05, 4.69) is 12.2 Å². The minimum Gasteiger partial charge on any atom is -0.381 e. The predicted octanol–water partition coefficient (Wildman–Crippen LogP) is 3.75. The lowest BCUT2D eigenvalue weighted by molar-refractivity contribution is 0.124. The van der Waals surface area contributed by atoms with E-state index >= 15 is 0 Å². The van der Waals surface area contributed by atoms with Crippen molar-refractivity contribution in [3.8, 4) is 0 Å². The van der Waals surface area contributed by atoms with Crippen molar-refractivity contribution in [1.82, 2.24) is 5.32 Å². The van der Waals surface area contributed by atoms with E-state index in [1.165, 1.54) is 51.4 Å². The Morgan fingerprint density at radius 2 is 1.83 bits per heavy atom. The van der Waals surface area contributed by atoms with Gasteiger partial charge in [-0.15, -0.1) is 0 Å². The Morgan fingerprint density at radius 1 is 1.00 bits per heavy atom. The van der Waals surface area contributed by atoms with Gasteiger partial charge >= 0.3 is 0 Å². The van der Waals surface area contributed by atoms with Crippen molar-refractivity contribution in [1.29, 1.82) is 0 Å². The molecule has 0 radical (unpaired) electrons. The average Bonchev–Trinajstić information content (AvgIpc) is 2.42. The molecule has 3 unspecified atom stereocenters. The van der Waals surface area contributed by atoms with Gasteiger partial charge in [0.05, 0.1) is 0 Å². The van der Waals surface area contributed by atoms with E-state index < -0.39 is 0 Å². The van der Waals surface area contributed by atoms with Gasteiger partial charge in [-0.2, -0.15) is 0 Å². The number of nitrogens with one attached hydrogen (secondary N) is 1. The second-order valence-corrected chi connectivity index (χ2v) is 6.23. The first-order chi connectivity index (χ1) is 8.90. The standard InChI is InChI=1S/C16H31NO/c1-2-11-18-12-5-10-17-16-9-8-14-6-3-4-7-15(14)13-16/h14-17H,2-13H2,1H3. The Morgan fingerprint density at radius 3 is 2.67 bits per heavy atom. The highest BCUT2D eigenvalue weighted by molar-refractivity contribution is 4.86. The van der Waals surface area contributed by atoms with E-state index in [9.17, 15) is 0 Å². The molecular formula is C16H31NO. The first-order valence-corrected chi connectivity index (χ1v) is 8.21. The summed E-state index contributed by atoms with van der Waals surface area (Å²) in [5, 5.41) is 3.75. The molecular weight excluding hydrogens is 222 g/mol. The molecule has 0 heterocycles. The first kappa shape index (κ1) is 14.3. The summed E-state index contributed by atoms with van der Waals surface area (Å²) in [6, 6.07) is 0.801. The summed E-state index contributed by atoms with van der Waals surface area (Å²) in [4.78, 5) is 0. The minimum atomic E-state index is 0.801. The van der Waals surface area contributed by atoms with Gasteiger partial charge in [0.25, 0.3) is 0 Å². The molecule has 0 amide bonds. The van der Waals surface area contributed by atoms with Crippen molar-refractivity contribution in [3.05, 3.63) is 0 Å². The van der Waals surface area contributed by atoms with Crippen molar-refractivity contribution >= 4 is 0 Å². The molecule has 2 aliphatic carbocycles. The largest absolute Gasteiger partial charge is 0.381 e. The van der Waals surface area contributed by atoms with E-state index in [1.807, 2.05) is 0 Å². The maximum atomic E-state index is 5.52. The number of hydrogen-bond donors (Lipinski definition) is 1. The first-order valence-electron chi connectivity index (χ1n) is 8.21. The molecule has 0 bridgehead atoms. The average molecular weight is 253 g/mol. The van der Waals surface area contributed by atoms with Crippen LogP contribution >= 0.6 is 0 Å². The van der Waals surface area contributed by atoms with Gasteiger partial charge in [0.2, 0.25) is 0 Å². The zero-order valence-electron chi connectivity index (χ0n) is 12.1. The summed E-state index contributed by atoms with van der Waals surface area (Å²) in [5.74, 6) is 2.12. The van der Waals surface area contributed by atoms with Gasteiger partial charge in [0.1, 0.15) is 0 Å². The molecule has 18 heavy (non-hydrogen) atoms. The lowest BCUT2D eigenvalue weighted by atomic mass is 9.69. The second kappa shape index (κ2) is 8.16. The second-order valence-electron chi connectivity index (χ2n) is 6.23. The Hall–Kier alpha value is -0.0800. The van der Waals surface area contributed by atoms with Gasteiger partial charge in [-0.25, -0.2) is 0 Å². The zero-order chi connectivity index (χ0) is 12.6. The van der Waals surface area contributed by atoms with Crippen LogP contribution < -0.4 is 5.32 Å². The van der Waals surface area contributed by atoms with E-state index in [-0.39, 0.29) is 0 Å². The van der Waals surface area contributed by atoms with Crippen LogP contribution in [0.1, 0.15) is 64.7 Å². The van der Waals surface area contributed by atoms with Gasteiger partial charge < -0.3 is 10.1 Å². The van der Waals surface area contributed by atoms with E-state index in [0.717, 1.165) is 44.1 Å². The maximum Gasteiger partial charge on any atom is 0.0478 e. The van der Waals surface area contributed by atoms with Gasteiger partial charge in [-0.1, -0.05) is 32.6 Å². The fourth-order valence-corrected chi connectivity index (χ4v) is 3.79. The van der Waals surface area contributed by atoms with Gasteiger partial charge in [0, 0.05) is 19.3 Å². The van der Waals surface area contributed by atoms with E-state index in [1.54, 1.807) is 0 Å². The molecule has 2 nitrogen and oxygen atoms in total. The highest BCUT2D eigenvalue weighted by Gasteiger charge is 2.31. The molecule has 2 saturated carbocycles. The van der Waals surface area contributed by atoms with Crippen LogP contribution in [0.2, 0.25) is 0 Å². The molecule has 2 fully saturated rings. The van der Waals surface area contributed by atoms with Crippen LogP contribution in [-0.4, -0.2) is 25.8 Å². The van der Waals surface area contributed by atoms with Crippen LogP contribution in [0.5, 0.6) is 0 Å². The van der Waals surface area contributed by atoms with Crippen LogP contribution in [0.15, 0.2) is 0 Å². The summed E-state index contributed by atoms with van der Waals surface area (Å²) in [7, 11) is 0. The van der Waals surface area contributed by atoms with Gasteiger partial charge in [-0.3, -0.25) is 0 Å². The van der Waals surface area contributed by atoms with E-state index in [0.29, 0.717) is 0 Å². The molecule has 1 N–H and O–H groups in total. The molecule has 2 aliphatic rings. The molecule has 0 spiro atoms. The smallest absolute Gasteiger partial charge is 0.0478 e. The summed E-state index contributed by atoms with van der Waals surface area (Å²) >= 11 is 0. The van der Waals surface area contributed by atoms with Crippen molar-refractivity contribution in [2.75, 3.05) is 19.8 Å². The number of hydrogen-bond acceptors (Lipinski definition) is 2. The highest BCUT2D eigenvalue weighted by atomic mass is 16.5. The van der Waals surface area contributed by atoms with Crippen molar-refractivity contribution in [2.45, 2.75) is 70.8 Å².